The van der Waals surface area contributed by atoms with E-state index in [1.165, 1.54) is 0 Å². The molecule has 0 atom stereocenters. The van der Waals surface area contributed by atoms with Crippen LogP contribution in [0.1, 0.15) is 13.8 Å². The molecule has 4 aromatic heterocycles. The van der Waals surface area contributed by atoms with Crippen LogP contribution in [0.15, 0.2) is 85.5 Å². The summed E-state index contributed by atoms with van der Waals surface area (Å²) in [7, 11) is 4.10. The van der Waals surface area contributed by atoms with Gasteiger partial charge in [-0.15, -0.1) is 10.2 Å². The van der Waals surface area contributed by atoms with E-state index >= 15 is 0 Å². The van der Waals surface area contributed by atoms with Gasteiger partial charge in [-0.25, -0.2) is 19.0 Å². The Morgan fingerprint density at radius 2 is 1.28 bits per heavy atom. The van der Waals surface area contributed by atoms with Gasteiger partial charge in [0, 0.05) is 87.6 Å². The van der Waals surface area contributed by atoms with Crippen LogP contribution in [-0.4, -0.2) is 101 Å². The number of nitrogens with zero attached hydrogens (tertiary/aromatic N) is 8. The topological polar surface area (TPSA) is 133 Å². The minimum Gasteiger partial charge on any atom is -0.494 e. The Morgan fingerprint density at radius 1 is 0.740 bits per heavy atom. The number of hydrogen-bond donors (Lipinski definition) is 4. The van der Waals surface area contributed by atoms with Crippen LogP contribution in [0.4, 0.5) is 34.4 Å². The second kappa shape index (κ2) is 16.7. The first-order valence-corrected chi connectivity index (χ1v) is 17.0. The molecule has 6 aromatic rings. The number of benzene rings is 2. The molecular formula is C36H46N12O2. The average Bonchev–Trinajstić information content (AvgIpc) is 3.81. The summed E-state index contributed by atoms with van der Waals surface area (Å²) in [6, 6.07) is 19.9. The van der Waals surface area contributed by atoms with Gasteiger partial charge in [0.25, 0.3) is 0 Å². The molecule has 0 unspecified atom stereocenters. The van der Waals surface area contributed by atoms with E-state index in [4.69, 9.17) is 14.6 Å². The number of imidazole rings is 2. The molecule has 0 radical (unpaired) electrons. The Bertz CT molecular complexity index is 1930. The Hall–Kier alpha value is -5.60. The minimum absolute atomic E-state index is 0.661. The number of anilines is 6. The molecule has 262 valence electrons. The minimum atomic E-state index is 0.661. The van der Waals surface area contributed by atoms with Crippen LogP contribution < -0.4 is 35.6 Å². The van der Waals surface area contributed by atoms with Crippen molar-refractivity contribution in [2.24, 2.45) is 0 Å². The standard InChI is InChI=1S/C18H22N6O.C18H24N6O/c1-2-25-15-5-3-14(4-6-15)21-16-13-17(23-10-7-19-8-11-23)22-24-12-9-20-18(16)24;1-4-25-15-7-5-14(6-8-15)21-16-13-17(19-9-11-23(2)3)22-24-12-10-20-18(16)24/h3-6,9,12-13,19,21H,2,7-8,10-11H2,1H3;5-8,10,12-13,21H,4,9,11H2,1-3H3,(H,19,22). The zero-order valence-corrected chi connectivity index (χ0v) is 29.1. The number of nitrogens with one attached hydrogen (secondary N) is 4. The van der Waals surface area contributed by atoms with E-state index in [9.17, 15) is 0 Å². The third-order valence-corrected chi connectivity index (χ3v) is 7.90. The van der Waals surface area contributed by atoms with E-state index in [0.717, 1.165) is 96.4 Å². The molecular weight excluding hydrogens is 632 g/mol. The average molecular weight is 679 g/mol. The second-order valence-corrected chi connectivity index (χ2v) is 11.9. The summed E-state index contributed by atoms with van der Waals surface area (Å²) in [6.45, 7) is 10.9. The van der Waals surface area contributed by atoms with Crippen molar-refractivity contribution in [3.05, 3.63) is 85.5 Å². The first kappa shape index (κ1) is 34.3. The molecule has 0 amide bonds. The lowest BCUT2D eigenvalue weighted by atomic mass is 10.2. The van der Waals surface area contributed by atoms with Gasteiger partial charge in [-0.05, 0) is 76.5 Å². The highest BCUT2D eigenvalue weighted by atomic mass is 16.5. The molecule has 1 saturated heterocycles. The quantitative estimate of drug-likeness (QED) is 0.129. The van der Waals surface area contributed by atoms with Crippen LogP contribution in [0.3, 0.4) is 0 Å². The van der Waals surface area contributed by atoms with Gasteiger partial charge in [0.1, 0.15) is 17.3 Å². The van der Waals surface area contributed by atoms with Gasteiger partial charge < -0.3 is 40.5 Å². The van der Waals surface area contributed by atoms with Crippen LogP contribution >= 0.6 is 0 Å². The first-order chi connectivity index (χ1) is 24.5. The summed E-state index contributed by atoms with van der Waals surface area (Å²) in [4.78, 5) is 13.2. The number of hydrogen-bond acceptors (Lipinski definition) is 12. The fourth-order valence-electron chi connectivity index (χ4n) is 5.46. The Labute approximate surface area is 292 Å². The summed E-state index contributed by atoms with van der Waals surface area (Å²) in [6.07, 6.45) is 7.24. The fourth-order valence-corrected chi connectivity index (χ4v) is 5.46. The van der Waals surface area contributed by atoms with Crippen LogP contribution in [0.25, 0.3) is 11.3 Å². The van der Waals surface area contributed by atoms with Crippen molar-refractivity contribution in [1.82, 2.24) is 39.4 Å². The molecule has 7 rings (SSSR count). The largest absolute Gasteiger partial charge is 0.494 e. The lowest BCUT2D eigenvalue weighted by Crippen LogP contribution is -2.44. The fraction of sp³-hybridized carbons (Fsp3) is 0.333. The molecule has 1 aliphatic heterocycles. The molecule has 2 aromatic carbocycles. The Kier molecular flexibility index (Phi) is 11.4. The van der Waals surface area contributed by atoms with Crippen molar-refractivity contribution in [2.45, 2.75) is 13.8 Å². The van der Waals surface area contributed by atoms with E-state index in [2.05, 4.69) is 52.2 Å². The SMILES string of the molecule is CCOc1ccc(Nc2cc(N3CCNCC3)nn3ccnc23)cc1.CCOc1ccc(Nc2cc(NCCN(C)C)nn3ccnc23)cc1. The Morgan fingerprint density at radius 3 is 1.82 bits per heavy atom. The molecule has 0 bridgehead atoms. The maximum absolute atomic E-state index is 5.50. The zero-order chi connectivity index (χ0) is 34.7. The third-order valence-electron chi connectivity index (χ3n) is 7.90. The van der Waals surface area contributed by atoms with Crippen molar-refractivity contribution in [2.75, 3.05) is 87.4 Å². The summed E-state index contributed by atoms with van der Waals surface area (Å²) in [5.74, 6) is 3.50. The number of ether oxygens (including phenoxy) is 2. The van der Waals surface area contributed by atoms with Crippen LogP contribution in [0, 0.1) is 0 Å². The van der Waals surface area contributed by atoms with E-state index in [0.29, 0.717) is 13.2 Å². The van der Waals surface area contributed by atoms with E-state index in [1.54, 1.807) is 16.9 Å². The normalized spacial score (nSPS) is 12.9. The highest BCUT2D eigenvalue weighted by molar-refractivity contribution is 5.77. The second-order valence-electron chi connectivity index (χ2n) is 11.9. The van der Waals surface area contributed by atoms with Gasteiger partial charge in [-0.3, -0.25) is 0 Å². The highest BCUT2D eigenvalue weighted by Crippen LogP contribution is 2.27. The first-order valence-electron chi connectivity index (χ1n) is 17.0. The molecule has 0 aliphatic carbocycles. The van der Waals surface area contributed by atoms with E-state index in [-0.39, 0.29) is 0 Å². The Balaban J connectivity index is 0.000000173. The molecule has 1 fully saturated rings. The summed E-state index contributed by atoms with van der Waals surface area (Å²) in [5.41, 5.74) is 5.40. The monoisotopic (exact) mass is 678 g/mol. The number of aromatic nitrogens is 6. The number of fused-ring (bicyclic) bond motifs is 2. The maximum Gasteiger partial charge on any atom is 0.177 e. The van der Waals surface area contributed by atoms with Crippen LogP contribution in [0.5, 0.6) is 11.5 Å². The number of likely N-dealkylation sites (N-methyl/N-ethyl adjacent to an activating group) is 1. The van der Waals surface area contributed by atoms with Crippen LogP contribution in [-0.2, 0) is 0 Å². The van der Waals surface area contributed by atoms with Crippen molar-refractivity contribution in [1.29, 1.82) is 0 Å². The van der Waals surface area contributed by atoms with Gasteiger partial charge in [-0.1, -0.05) is 0 Å². The van der Waals surface area contributed by atoms with Gasteiger partial charge in [0.2, 0.25) is 0 Å². The van der Waals surface area contributed by atoms with Crippen molar-refractivity contribution in [3.63, 3.8) is 0 Å². The van der Waals surface area contributed by atoms with E-state index in [1.807, 2.05) is 99.4 Å². The maximum atomic E-state index is 5.50. The van der Waals surface area contributed by atoms with Crippen LogP contribution in [0.2, 0.25) is 0 Å². The number of rotatable bonds is 13. The lowest BCUT2D eigenvalue weighted by Gasteiger charge is -2.28. The lowest BCUT2D eigenvalue weighted by molar-refractivity contribution is 0.340. The molecule has 50 heavy (non-hydrogen) atoms. The summed E-state index contributed by atoms with van der Waals surface area (Å²) in [5, 5.41) is 22.8. The van der Waals surface area contributed by atoms with Gasteiger partial charge >= 0.3 is 0 Å². The highest BCUT2D eigenvalue weighted by Gasteiger charge is 2.15. The van der Waals surface area contributed by atoms with Gasteiger partial charge in [0.05, 0.1) is 24.6 Å². The molecule has 1 aliphatic rings. The molecule has 0 saturated carbocycles. The molecule has 14 heteroatoms. The van der Waals surface area contributed by atoms with E-state index < -0.39 is 0 Å². The van der Waals surface area contributed by atoms with Gasteiger partial charge in [0.15, 0.2) is 17.1 Å². The zero-order valence-electron chi connectivity index (χ0n) is 29.1. The van der Waals surface area contributed by atoms with Gasteiger partial charge in [-0.2, -0.15) is 0 Å². The summed E-state index contributed by atoms with van der Waals surface area (Å²) < 4.78 is 14.6. The van der Waals surface area contributed by atoms with Crippen molar-refractivity contribution in [3.8, 4) is 11.5 Å². The third kappa shape index (κ3) is 8.89. The summed E-state index contributed by atoms with van der Waals surface area (Å²) >= 11 is 0. The smallest absolute Gasteiger partial charge is 0.177 e. The van der Waals surface area contributed by atoms with Crippen molar-refractivity contribution < 1.29 is 9.47 Å². The predicted octanol–water partition coefficient (Wildman–Crippen LogP) is 5.13. The number of piperazine rings is 1. The molecule has 0 spiro atoms. The molecule has 5 heterocycles. The predicted molar refractivity (Wildman–Crippen MR) is 200 cm³/mol. The molecule has 14 nitrogen and oxygen atoms in total. The molecule has 4 N–H and O–H groups in total. The van der Waals surface area contributed by atoms with Crippen molar-refractivity contribution >= 4 is 45.7 Å².